The lowest BCUT2D eigenvalue weighted by Crippen LogP contribution is -2.39. The molecule has 0 saturated heterocycles. The van der Waals surface area contributed by atoms with Gasteiger partial charge in [-0.1, -0.05) is 6.07 Å². The van der Waals surface area contributed by atoms with Gasteiger partial charge in [0.2, 0.25) is 0 Å². The topological polar surface area (TPSA) is 24.5 Å². The van der Waals surface area contributed by atoms with Crippen molar-refractivity contribution < 1.29 is 9.13 Å². The lowest BCUT2D eigenvalue weighted by molar-refractivity contribution is 0.140. The van der Waals surface area contributed by atoms with E-state index in [1.807, 2.05) is 20.0 Å². The third-order valence-corrected chi connectivity index (χ3v) is 3.82. The van der Waals surface area contributed by atoms with Gasteiger partial charge in [0.05, 0.1) is 0 Å². The molecule has 0 radical (unpaired) electrons. The molecule has 0 fully saturated rings. The minimum atomic E-state index is -0.296. The quantitative estimate of drug-likeness (QED) is 0.793. The molecule has 0 aliphatic heterocycles. The predicted octanol–water partition coefficient (Wildman–Crippen LogP) is 3.60. The molecule has 0 heterocycles. The zero-order valence-corrected chi connectivity index (χ0v) is 14.1. The maximum atomic E-state index is 14.0. The molecule has 1 unspecified atom stereocenters. The maximum Gasteiger partial charge on any atom is 0.165 e. The van der Waals surface area contributed by atoms with Gasteiger partial charge in [0.25, 0.3) is 0 Å². The number of hydrogen-bond donors (Lipinski definition) is 1. The summed E-state index contributed by atoms with van der Waals surface area (Å²) in [5, 5.41) is 3.10. The second-order valence-corrected chi connectivity index (χ2v) is 5.97. The smallest absolute Gasteiger partial charge is 0.165 e. The van der Waals surface area contributed by atoms with Crippen molar-refractivity contribution in [3.63, 3.8) is 0 Å². The van der Waals surface area contributed by atoms with E-state index in [1.165, 1.54) is 0 Å². The van der Waals surface area contributed by atoms with E-state index in [1.54, 1.807) is 12.1 Å². The van der Waals surface area contributed by atoms with Crippen LogP contribution in [0.3, 0.4) is 0 Å². The van der Waals surface area contributed by atoms with Gasteiger partial charge in [-0.15, -0.1) is 0 Å². The first-order valence-electron chi connectivity index (χ1n) is 7.72. The van der Waals surface area contributed by atoms with E-state index < -0.39 is 0 Å². The van der Waals surface area contributed by atoms with Crippen molar-refractivity contribution in [1.82, 2.24) is 10.2 Å². The van der Waals surface area contributed by atoms with Gasteiger partial charge in [-0.25, -0.2) is 4.39 Å². The number of rotatable bonds is 8. The Bertz CT molecular complexity index is 427. The van der Waals surface area contributed by atoms with Gasteiger partial charge in [0, 0.05) is 24.7 Å². The summed E-state index contributed by atoms with van der Waals surface area (Å²) in [5.74, 6) is 0.0322. The molecular weight excluding hydrogens is 267 g/mol. The first kappa shape index (κ1) is 17.9. The zero-order chi connectivity index (χ0) is 16.0. The maximum absolute atomic E-state index is 14.0. The number of nitrogens with one attached hydrogen (secondary N) is 1. The summed E-state index contributed by atoms with van der Waals surface area (Å²) in [6.45, 7) is 11.9. The highest BCUT2D eigenvalue weighted by Crippen LogP contribution is 2.22. The molecule has 0 spiro atoms. The van der Waals surface area contributed by atoms with E-state index in [0.717, 1.165) is 12.1 Å². The lowest BCUT2D eigenvalue weighted by atomic mass is 10.1. The number of halogens is 1. The molecule has 0 bridgehead atoms. The highest BCUT2D eigenvalue weighted by molar-refractivity contribution is 5.30. The van der Waals surface area contributed by atoms with E-state index in [4.69, 9.17) is 4.74 Å². The predicted molar refractivity (Wildman–Crippen MR) is 86.3 cm³/mol. The number of benzene rings is 1. The normalized spacial score (nSPS) is 13.2. The van der Waals surface area contributed by atoms with E-state index in [-0.39, 0.29) is 11.9 Å². The van der Waals surface area contributed by atoms with Crippen LogP contribution in [0.15, 0.2) is 18.2 Å². The molecule has 0 saturated carbocycles. The Hall–Kier alpha value is -1.13. The largest absolute Gasteiger partial charge is 0.489 e. The van der Waals surface area contributed by atoms with E-state index in [0.29, 0.717) is 24.4 Å². The van der Waals surface area contributed by atoms with Crippen LogP contribution in [0.4, 0.5) is 4.39 Å². The molecule has 1 atom stereocenters. The monoisotopic (exact) mass is 296 g/mol. The molecule has 0 aromatic heterocycles. The van der Waals surface area contributed by atoms with Crippen LogP contribution in [0.5, 0.6) is 5.75 Å². The fraction of sp³-hybridized carbons (Fsp3) is 0.647. The summed E-state index contributed by atoms with van der Waals surface area (Å²) in [5.41, 5.74) is 0.924. The van der Waals surface area contributed by atoms with Gasteiger partial charge in [0.15, 0.2) is 11.6 Å². The van der Waals surface area contributed by atoms with Crippen LogP contribution in [0, 0.1) is 5.82 Å². The summed E-state index contributed by atoms with van der Waals surface area (Å²) in [4.78, 5) is 2.33. The highest BCUT2D eigenvalue weighted by atomic mass is 19.1. The van der Waals surface area contributed by atoms with Gasteiger partial charge in [-0.3, -0.25) is 4.90 Å². The number of nitrogens with zero attached hydrogens (tertiary/aromatic N) is 1. The average molecular weight is 296 g/mol. The van der Waals surface area contributed by atoms with Crippen LogP contribution in [0.25, 0.3) is 0 Å². The molecule has 1 N–H and O–H groups in total. The SMILES string of the molecule is CNC(C)c1ccc(OCCN(C(C)C)C(C)C)c(F)c1. The molecule has 0 amide bonds. The van der Waals surface area contributed by atoms with Crippen LogP contribution < -0.4 is 10.1 Å². The highest BCUT2D eigenvalue weighted by Gasteiger charge is 2.14. The molecule has 1 aromatic rings. The molecule has 120 valence electrons. The second-order valence-electron chi connectivity index (χ2n) is 5.97. The lowest BCUT2D eigenvalue weighted by Gasteiger charge is -2.30. The fourth-order valence-electron chi connectivity index (χ4n) is 2.44. The van der Waals surface area contributed by atoms with Crippen molar-refractivity contribution in [1.29, 1.82) is 0 Å². The average Bonchev–Trinajstić information content (AvgIpc) is 2.43. The molecule has 3 nitrogen and oxygen atoms in total. The van der Waals surface area contributed by atoms with Crippen molar-refractivity contribution in [3.05, 3.63) is 29.6 Å². The van der Waals surface area contributed by atoms with E-state index >= 15 is 0 Å². The molecule has 0 aliphatic carbocycles. The Labute approximate surface area is 128 Å². The zero-order valence-electron chi connectivity index (χ0n) is 14.1. The number of ether oxygens (including phenoxy) is 1. The summed E-state index contributed by atoms with van der Waals surface area (Å²) in [6, 6.07) is 6.20. The summed E-state index contributed by atoms with van der Waals surface area (Å²) >= 11 is 0. The Morgan fingerprint density at radius 2 is 1.76 bits per heavy atom. The van der Waals surface area contributed by atoms with Gasteiger partial charge in [0.1, 0.15) is 6.61 Å². The molecule has 21 heavy (non-hydrogen) atoms. The Kier molecular flexibility index (Phi) is 7.12. The first-order valence-corrected chi connectivity index (χ1v) is 7.72. The molecule has 0 aliphatic rings. The van der Waals surface area contributed by atoms with Gasteiger partial charge < -0.3 is 10.1 Å². The van der Waals surface area contributed by atoms with Crippen molar-refractivity contribution in [2.75, 3.05) is 20.2 Å². The van der Waals surface area contributed by atoms with Crippen LogP contribution in [-0.4, -0.2) is 37.2 Å². The minimum Gasteiger partial charge on any atom is -0.489 e. The van der Waals surface area contributed by atoms with Crippen LogP contribution in [0.2, 0.25) is 0 Å². The van der Waals surface area contributed by atoms with Gasteiger partial charge in [-0.2, -0.15) is 0 Å². The fourth-order valence-corrected chi connectivity index (χ4v) is 2.44. The first-order chi connectivity index (χ1) is 9.86. The summed E-state index contributed by atoms with van der Waals surface area (Å²) < 4.78 is 19.6. The van der Waals surface area contributed by atoms with Gasteiger partial charge >= 0.3 is 0 Å². The number of hydrogen-bond acceptors (Lipinski definition) is 3. The second kappa shape index (κ2) is 8.35. The van der Waals surface area contributed by atoms with E-state index in [9.17, 15) is 4.39 Å². The van der Waals surface area contributed by atoms with Crippen molar-refractivity contribution in [2.24, 2.45) is 0 Å². The standard InChI is InChI=1S/C17H29FN2O/c1-12(2)20(13(3)4)9-10-21-17-8-7-15(11-16(17)18)14(5)19-6/h7-8,11-14,19H,9-10H2,1-6H3. The van der Waals surface area contributed by atoms with Gasteiger partial charge in [-0.05, 0) is 59.4 Å². The summed E-state index contributed by atoms with van der Waals surface area (Å²) in [7, 11) is 1.86. The van der Waals surface area contributed by atoms with Crippen molar-refractivity contribution in [2.45, 2.75) is 52.7 Å². The van der Waals surface area contributed by atoms with Crippen LogP contribution in [-0.2, 0) is 0 Å². The Morgan fingerprint density at radius 3 is 2.24 bits per heavy atom. The minimum absolute atomic E-state index is 0.130. The molecule has 1 aromatic carbocycles. The molecule has 4 heteroatoms. The van der Waals surface area contributed by atoms with Crippen LogP contribution in [0.1, 0.15) is 46.2 Å². The van der Waals surface area contributed by atoms with Crippen molar-refractivity contribution in [3.8, 4) is 5.75 Å². The molecule has 1 rings (SSSR count). The van der Waals surface area contributed by atoms with Crippen LogP contribution >= 0.6 is 0 Å². The Morgan fingerprint density at radius 1 is 1.14 bits per heavy atom. The third kappa shape index (κ3) is 5.29. The molecular formula is C17H29FN2O. The van der Waals surface area contributed by atoms with Crippen molar-refractivity contribution >= 4 is 0 Å². The van der Waals surface area contributed by atoms with E-state index in [2.05, 4.69) is 37.9 Å². The Balaban J connectivity index is 2.60. The summed E-state index contributed by atoms with van der Waals surface area (Å²) in [6.07, 6.45) is 0. The third-order valence-electron chi connectivity index (χ3n) is 3.82.